The van der Waals surface area contributed by atoms with E-state index >= 15 is 0 Å². The molecule has 1 atom stereocenters. The van der Waals surface area contributed by atoms with Gasteiger partial charge in [0.05, 0.1) is 15.9 Å². The van der Waals surface area contributed by atoms with Crippen molar-refractivity contribution in [3.63, 3.8) is 0 Å². The third-order valence-electron chi connectivity index (χ3n) is 5.29. The second-order valence-corrected chi connectivity index (χ2v) is 6.95. The summed E-state index contributed by atoms with van der Waals surface area (Å²) >= 11 is 3.76. The van der Waals surface area contributed by atoms with Crippen LogP contribution in [-0.2, 0) is 19.9 Å². The molecule has 1 N–H and O–H groups in total. The van der Waals surface area contributed by atoms with Gasteiger partial charge in [-0.05, 0) is 54.1 Å². The molecular formula is C16H28BrN3. The van der Waals surface area contributed by atoms with Gasteiger partial charge in [-0.2, -0.15) is 5.10 Å². The fourth-order valence-electron chi connectivity index (χ4n) is 3.89. The minimum Gasteiger partial charge on any atom is -0.316 e. The largest absolute Gasteiger partial charge is 0.316 e. The third kappa shape index (κ3) is 2.82. The lowest BCUT2D eigenvalue weighted by atomic mass is 9.74. The van der Waals surface area contributed by atoms with E-state index in [1.165, 1.54) is 48.0 Å². The summed E-state index contributed by atoms with van der Waals surface area (Å²) < 4.78 is 3.28. The van der Waals surface area contributed by atoms with Crippen molar-refractivity contribution < 1.29 is 0 Å². The Morgan fingerprint density at radius 1 is 1.35 bits per heavy atom. The maximum atomic E-state index is 4.63. The van der Waals surface area contributed by atoms with Crippen molar-refractivity contribution >= 4 is 15.9 Å². The first kappa shape index (κ1) is 16.0. The molecule has 0 aliphatic heterocycles. The summed E-state index contributed by atoms with van der Waals surface area (Å²) in [5, 5.41) is 8.24. The second kappa shape index (κ2) is 6.61. The third-order valence-corrected chi connectivity index (χ3v) is 6.21. The van der Waals surface area contributed by atoms with Crippen LogP contribution in [0.1, 0.15) is 57.3 Å². The number of nitrogens with zero attached hydrogens (tertiary/aromatic N) is 2. The molecule has 4 heteroatoms. The highest BCUT2D eigenvalue weighted by molar-refractivity contribution is 9.10. The topological polar surface area (TPSA) is 29.9 Å². The molecule has 0 aromatic carbocycles. The van der Waals surface area contributed by atoms with Gasteiger partial charge in [0.1, 0.15) is 0 Å². The molecule has 1 fully saturated rings. The predicted octanol–water partition coefficient (Wildman–Crippen LogP) is 3.85. The quantitative estimate of drug-likeness (QED) is 0.851. The minimum absolute atomic E-state index is 0.477. The van der Waals surface area contributed by atoms with Gasteiger partial charge in [0.25, 0.3) is 0 Å². The van der Waals surface area contributed by atoms with Crippen LogP contribution < -0.4 is 5.32 Å². The van der Waals surface area contributed by atoms with Gasteiger partial charge in [0, 0.05) is 19.5 Å². The Morgan fingerprint density at radius 3 is 2.45 bits per heavy atom. The molecular weight excluding hydrogens is 314 g/mol. The van der Waals surface area contributed by atoms with Crippen molar-refractivity contribution in [2.45, 2.75) is 64.8 Å². The number of aromatic nitrogens is 2. The van der Waals surface area contributed by atoms with Gasteiger partial charge in [0.2, 0.25) is 0 Å². The van der Waals surface area contributed by atoms with E-state index in [1.54, 1.807) is 0 Å². The summed E-state index contributed by atoms with van der Waals surface area (Å²) in [6.45, 7) is 4.52. The zero-order valence-corrected chi connectivity index (χ0v) is 14.9. The smallest absolute Gasteiger partial charge is 0.0766 e. The van der Waals surface area contributed by atoms with Crippen LogP contribution >= 0.6 is 15.9 Å². The lowest BCUT2D eigenvalue weighted by Crippen LogP contribution is -2.43. The van der Waals surface area contributed by atoms with Crippen molar-refractivity contribution in [2.24, 2.45) is 12.5 Å². The highest BCUT2D eigenvalue weighted by Gasteiger charge is 2.39. The molecule has 0 bridgehead atoms. The molecule has 1 heterocycles. The van der Waals surface area contributed by atoms with Gasteiger partial charge < -0.3 is 5.32 Å². The van der Waals surface area contributed by atoms with E-state index < -0.39 is 0 Å². The van der Waals surface area contributed by atoms with E-state index in [0.29, 0.717) is 11.5 Å². The number of rotatable bonds is 6. The maximum Gasteiger partial charge on any atom is 0.0766 e. The van der Waals surface area contributed by atoms with Crippen LogP contribution in [0.25, 0.3) is 0 Å². The molecule has 1 aromatic rings. The number of halogens is 1. The summed E-state index contributed by atoms with van der Waals surface area (Å²) in [6.07, 6.45) is 8.83. The number of hydrogen-bond acceptors (Lipinski definition) is 2. The molecule has 0 saturated heterocycles. The van der Waals surface area contributed by atoms with Crippen LogP contribution in [0.5, 0.6) is 0 Å². The number of aryl methyl sites for hydroxylation is 2. The molecule has 114 valence electrons. The number of likely N-dealkylation sites (N-methyl/N-ethyl adjacent to an activating group) is 1. The summed E-state index contributed by atoms with van der Waals surface area (Å²) in [6, 6.07) is 0.548. The first-order valence-corrected chi connectivity index (χ1v) is 8.74. The van der Waals surface area contributed by atoms with Gasteiger partial charge in [-0.25, -0.2) is 0 Å². The van der Waals surface area contributed by atoms with Gasteiger partial charge in [-0.15, -0.1) is 0 Å². The zero-order valence-electron chi connectivity index (χ0n) is 13.3. The van der Waals surface area contributed by atoms with Gasteiger partial charge in [-0.3, -0.25) is 4.68 Å². The Kier molecular flexibility index (Phi) is 5.30. The lowest BCUT2D eigenvalue weighted by Gasteiger charge is -2.37. The highest BCUT2D eigenvalue weighted by Crippen LogP contribution is 2.45. The maximum absolute atomic E-state index is 4.63. The Hall–Kier alpha value is -0.350. The Balaban J connectivity index is 2.24. The van der Waals surface area contributed by atoms with E-state index in [4.69, 9.17) is 0 Å². The SMILES string of the molecule is CCc1nn(C)c(CC(NC)C2(CC)CCCC2)c1Br. The van der Waals surface area contributed by atoms with E-state index in [-0.39, 0.29) is 0 Å². The van der Waals surface area contributed by atoms with E-state index in [1.807, 2.05) is 0 Å². The molecule has 1 aliphatic rings. The first-order chi connectivity index (χ1) is 9.57. The normalized spacial score (nSPS) is 19.4. The van der Waals surface area contributed by atoms with E-state index in [2.05, 4.69) is 59.0 Å². The van der Waals surface area contributed by atoms with Crippen LogP contribution in [0.15, 0.2) is 4.47 Å². The molecule has 3 nitrogen and oxygen atoms in total. The standard InChI is InChI=1S/C16H28BrN3/c1-5-12-15(17)13(20(4)19-12)11-14(18-3)16(6-2)9-7-8-10-16/h14,18H,5-11H2,1-4H3. The van der Waals surface area contributed by atoms with E-state index in [9.17, 15) is 0 Å². The van der Waals surface area contributed by atoms with Gasteiger partial charge in [-0.1, -0.05) is 26.7 Å². The molecule has 1 aromatic heterocycles. The van der Waals surface area contributed by atoms with Gasteiger partial charge >= 0.3 is 0 Å². The molecule has 2 rings (SSSR count). The van der Waals surface area contributed by atoms with Crippen LogP contribution in [0.4, 0.5) is 0 Å². The first-order valence-electron chi connectivity index (χ1n) is 7.95. The number of nitrogens with one attached hydrogen (secondary N) is 1. The summed E-state index contributed by atoms with van der Waals surface area (Å²) in [7, 11) is 4.19. The van der Waals surface area contributed by atoms with Crippen LogP contribution in [0, 0.1) is 5.41 Å². The average Bonchev–Trinajstić information content (AvgIpc) is 3.03. The highest BCUT2D eigenvalue weighted by atomic mass is 79.9. The van der Waals surface area contributed by atoms with Crippen LogP contribution in [0.3, 0.4) is 0 Å². The predicted molar refractivity (Wildman–Crippen MR) is 88.0 cm³/mol. The fraction of sp³-hybridized carbons (Fsp3) is 0.812. The molecule has 0 radical (unpaired) electrons. The van der Waals surface area contributed by atoms with Crippen molar-refractivity contribution in [3.8, 4) is 0 Å². The van der Waals surface area contributed by atoms with Crippen molar-refractivity contribution in [3.05, 3.63) is 15.9 Å². The molecule has 20 heavy (non-hydrogen) atoms. The summed E-state index contributed by atoms with van der Waals surface area (Å²) in [5.74, 6) is 0. The van der Waals surface area contributed by atoms with Crippen molar-refractivity contribution in [1.82, 2.24) is 15.1 Å². The Bertz CT molecular complexity index is 447. The average molecular weight is 342 g/mol. The Morgan fingerprint density at radius 2 is 2.00 bits per heavy atom. The lowest BCUT2D eigenvalue weighted by molar-refractivity contribution is 0.190. The molecule has 0 spiro atoms. The molecule has 1 unspecified atom stereocenters. The Labute approximate surface area is 131 Å². The zero-order chi connectivity index (χ0) is 14.8. The molecule has 1 saturated carbocycles. The molecule has 0 amide bonds. The molecule has 1 aliphatic carbocycles. The fourth-order valence-corrected chi connectivity index (χ4v) is 4.67. The van der Waals surface area contributed by atoms with Crippen molar-refractivity contribution in [2.75, 3.05) is 7.05 Å². The van der Waals surface area contributed by atoms with E-state index in [0.717, 1.165) is 12.8 Å². The summed E-state index contributed by atoms with van der Waals surface area (Å²) in [4.78, 5) is 0. The van der Waals surface area contributed by atoms with Crippen molar-refractivity contribution in [1.29, 1.82) is 0 Å². The van der Waals surface area contributed by atoms with Crippen LogP contribution in [-0.4, -0.2) is 22.9 Å². The number of hydrogen-bond donors (Lipinski definition) is 1. The van der Waals surface area contributed by atoms with Gasteiger partial charge in [0.15, 0.2) is 0 Å². The monoisotopic (exact) mass is 341 g/mol. The van der Waals surface area contributed by atoms with Crippen LogP contribution in [0.2, 0.25) is 0 Å². The summed E-state index contributed by atoms with van der Waals surface area (Å²) in [5.41, 5.74) is 2.99. The second-order valence-electron chi connectivity index (χ2n) is 6.15. The minimum atomic E-state index is 0.477.